The van der Waals surface area contributed by atoms with Gasteiger partial charge < -0.3 is 10.6 Å². The number of benzene rings is 1. The number of amides is 1. The van der Waals surface area contributed by atoms with Crippen LogP contribution in [0.1, 0.15) is 34.8 Å². The summed E-state index contributed by atoms with van der Waals surface area (Å²) in [5, 5.41) is 10.9. The molecule has 1 atom stereocenters. The van der Waals surface area contributed by atoms with Gasteiger partial charge in [-0.15, -0.1) is 0 Å². The standard InChI is InChI=1S/C16H16ClN5O3/c17-13-8-11(22(24)25)3-4-12(13)15(23)21-7-1-2-10(9-21)14-5-6-19-16(18)20-14/h3-6,8,10H,1-2,7,9H2,(H2,18,19,20). The highest BCUT2D eigenvalue weighted by Crippen LogP contribution is 2.29. The molecular formula is C16H16ClN5O3. The Kier molecular flexibility index (Phi) is 4.80. The number of halogens is 1. The summed E-state index contributed by atoms with van der Waals surface area (Å²) in [5.41, 5.74) is 6.55. The Morgan fingerprint density at radius 2 is 2.20 bits per heavy atom. The highest BCUT2D eigenvalue weighted by atomic mass is 35.5. The van der Waals surface area contributed by atoms with Gasteiger partial charge in [0.1, 0.15) is 0 Å². The van der Waals surface area contributed by atoms with E-state index in [2.05, 4.69) is 9.97 Å². The van der Waals surface area contributed by atoms with Crippen molar-refractivity contribution in [2.24, 2.45) is 0 Å². The van der Waals surface area contributed by atoms with Crippen molar-refractivity contribution >= 4 is 29.1 Å². The molecular weight excluding hydrogens is 346 g/mol. The highest BCUT2D eigenvalue weighted by molar-refractivity contribution is 6.34. The van der Waals surface area contributed by atoms with E-state index in [1.807, 2.05) is 0 Å². The minimum Gasteiger partial charge on any atom is -0.368 e. The van der Waals surface area contributed by atoms with Gasteiger partial charge in [0.25, 0.3) is 11.6 Å². The van der Waals surface area contributed by atoms with Gasteiger partial charge in [-0.3, -0.25) is 14.9 Å². The predicted molar refractivity (Wildman–Crippen MR) is 92.4 cm³/mol. The molecule has 1 aromatic carbocycles. The zero-order valence-electron chi connectivity index (χ0n) is 13.3. The number of hydrogen-bond acceptors (Lipinski definition) is 6. The lowest BCUT2D eigenvalue weighted by atomic mass is 9.94. The van der Waals surface area contributed by atoms with Crippen molar-refractivity contribution in [3.63, 3.8) is 0 Å². The second-order valence-electron chi connectivity index (χ2n) is 5.85. The van der Waals surface area contributed by atoms with Crippen molar-refractivity contribution in [2.45, 2.75) is 18.8 Å². The summed E-state index contributed by atoms with van der Waals surface area (Å²) in [6.45, 7) is 1.09. The quantitative estimate of drug-likeness (QED) is 0.663. The Balaban J connectivity index is 1.79. The number of carbonyl (C=O) groups is 1. The molecule has 1 aliphatic rings. The third-order valence-electron chi connectivity index (χ3n) is 4.22. The van der Waals surface area contributed by atoms with Crippen LogP contribution in [0, 0.1) is 10.1 Å². The summed E-state index contributed by atoms with van der Waals surface area (Å²) in [4.78, 5) is 32.8. The molecule has 1 saturated heterocycles. The number of nitrogens with zero attached hydrogens (tertiary/aromatic N) is 4. The maximum absolute atomic E-state index is 12.8. The van der Waals surface area contributed by atoms with Crippen molar-refractivity contribution in [2.75, 3.05) is 18.8 Å². The molecule has 1 amide bonds. The van der Waals surface area contributed by atoms with Crippen LogP contribution in [0.15, 0.2) is 30.5 Å². The maximum atomic E-state index is 12.8. The molecule has 2 N–H and O–H groups in total. The van der Waals surface area contributed by atoms with E-state index in [-0.39, 0.29) is 34.0 Å². The van der Waals surface area contributed by atoms with E-state index < -0.39 is 4.92 Å². The summed E-state index contributed by atoms with van der Waals surface area (Å²) in [6, 6.07) is 5.68. The van der Waals surface area contributed by atoms with Gasteiger partial charge in [0, 0.05) is 37.3 Å². The number of likely N-dealkylation sites (tertiary alicyclic amines) is 1. The molecule has 0 bridgehead atoms. The van der Waals surface area contributed by atoms with Crippen molar-refractivity contribution in [1.82, 2.24) is 14.9 Å². The van der Waals surface area contributed by atoms with E-state index in [1.54, 1.807) is 17.2 Å². The molecule has 1 unspecified atom stereocenters. The lowest BCUT2D eigenvalue weighted by molar-refractivity contribution is -0.384. The van der Waals surface area contributed by atoms with Crippen LogP contribution >= 0.6 is 11.6 Å². The second-order valence-corrected chi connectivity index (χ2v) is 6.26. The Labute approximate surface area is 148 Å². The van der Waals surface area contributed by atoms with E-state index >= 15 is 0 Å². The monoisotopic (exact) mass is 361 g/mol. The van der Waals surface area contributed by atoms with Crippen LogP contribution in [0.3, 0.4) is 0 Å². The number of nitro groups is 1. The van der Waals surface area contributed by atoms with E-state index in [0.717, 1.165) is 18.5 Å². The SMILES string of the molecule is Nc1nccc(C2CCCN(C(=O)c3ccc([N+](=O)[O-])cc3Cl)C2)n1. The first-order valence-electron chi connectivity index (χ1n) is 7.77. The third-order valence-corrected chi connectivity index (χ3v) is 4.53. The first-order valence-corrected chi connectivity index (χ1v) is 8.15. The average Bonchev–Trinajstić information content (AvgIpc) is 2.61. The van der Waals surface area contributed by atoms with Crippen LogP contribution in [0.25, 0.3) is 0 Å². The minimum atomic E-state index is -0.545. The number of nitrogens with two attached hydrogens (primary N) is 1. The van der Waals surface area contributed by atoms with Crippen molar-refractivity contribution < 1.29 is 9.72 Å². The smallest absolute Gasteiger partial charge is 0.270 e. The van der Waals surface area contributed by atoms with Gasteiger partial charge in [0.05, 0.1) is 21.2 Å². The van der Waals surface area contributed by atoms with Crippen molar-refractivity contribution in [3.8, 4) is 0 Å². The number of piperidine rings is 1. The summed E-state index contributed by atoms with van der Waals surface area (Å²) in [6.07, 6.45) is 3.32. The number of hydrogen-bond donors (Lipinski definition) is 1. The summed E-state index contributed by atoms with van der Waals surface area (Å²) in [7, 11) is 0. The largest absolute Gasteiger partial charge is 0.368 e. The second kappa shape index (κ2) is 7.02. The van der Waals surface area contributed by atoms with E-state index in [9.17, 15) is 14.9 Å². The Morgan fingerprint density at radius 3 is 2.88 bits per heavy atom. The first kappa shape index (κ1) is 17.1. The fraction of sp³-hybridized carbons (Fsp3) is 0.312. The van der Waals surface area contributed by atoms with Crippen LogP contribution in [-0.4, -0.2) is 38.8 Å². The molecule has 0 aliphatic carbocycles. The van der Waals surface area contributed by atoms with Crippen LogP contribution in [-0.2, 0) is 0 Å². The predicted octanol–water partition coefficient (Wildman–Crippen LogP) is 2.64. The molecule has 0 radical (unpaired) electrons. The molecule has 0 saturated carbocycles. The van der Waals surface area contributed by atoms with Gasteiger partial charge in [-0.25, -0.2) is 9.97 Å². The number of nitrogen functional groups attached to an aromatic ring is 1. The van der Waals surface area contributed by atoms with Crippen LogP contribution in [0.5, 0.6) is 0 Å². The maximum Gasteiger partial charge on any atom is 0.270 e. The van der Waals surface area contributed by atoms with Gasteiger partial charge in [0.15, 0.2) is 0 Å². The molecule has 9 heteroatoms. The molecule has 2 aromatic rings. The van der Waals surface area contributed by atoms with E-state index in [1.165, 1.54) is 18.2 Å². The fourth-order valence-electron chi connectivity index (χ4n) is 2.98. The molecule has 1 aromatic heterocycles. The highest BCUT2D eigenvalue weighted by Gasteiger charge is 2.28. The number of nitro benzene ring substituents is 1. The number of rotatable bonds is 3. The zero-order valence-corrected chi connectivity index (χ0v) is 14.0. The number of anilines is 1. The average molecular weight is 362 g/mol. The van der Waals surface area contributed by atoms with Crippen LogP contribution in [0.2, 0.25) is 5.02 Å². The molecule has 8 nitrogen and oxygen atoms in total. The summed E-state index contributed by atoms with van der Waals surface area (Å²) in [5.74, 6) is 0.0332. The lowest BCUT2D eigenvalue weighted by Gasteiger charge is -2.32. The van der Waals surface area contributed by atoms with Crippen LogP contribution in [0.4, 0.5) is 11.6 Å². The fourth-order valence-corrected chi connectivity index (χ4v) is 3.24. The van der Waals surface area contributed by atoms with Crippen molar-refractivity contribution in [3.05, 3.63) is 56.9 Å². The number of aromatic nitrogens is 2. The molecule has 2 heterocycles. The lowest BCUT2D eigenvalue weighted by Crippen LogP contribution is -2.39. The van der Waals surface area contributed by atoms with E-state index in [4.69, 9.17) is 17.3 Å². The molecule has 0 spiro atoms. The normalized spacial score (nSPS) is 17.3. The molecule has 130 valence electrons. The zero-order chi connectivity index (χ0) is 18.0. The Hall–Kier alpha value is -2.74. The topological polar surface area (TPSA) is 115 Å². The number of carbonyl (C=O) groups excluding carboxylic acids is 1. The van der Waals surface area contributed by atoms with Gasteiger partial charge >= 0.3 is 0 Å². The molecule has 25 heavy (non-hydrogen) atoms. The van der Waals surface area contributed by atoms with Crippen molar-refractivity contribution in [1.29, 1.82) is 0 Å². The van der Waals surface area contributed by atoms with Gasteiger partial charge in [0.2, 0.25) is 5.95 Å². The third kappa shape index (κ3) is 3.69. The van der Waals surface area contributed by atoms with Gasteiger partial charge in [-0.05, 0) is 25.0 Å². The summed E-state index contributed by atoms with van der Waals surface area (Å²) < 4.78 is 0. The molecule has 1 aliphatic heterocycles. The first-order chi connectivity index (χ1) is 12.0. The van der Waals surface area contributed by atoms with Gasteiger partial charge in [-0.2, -0.15) is 0 Å². The van der Waals surface area contributed by atoms with Gasteiger partial charge in [-0.1, -0.05) is 11.6 Å². The van der Waals surface area contributed by atoms with E-state index in [0.29, 0.717) is 13.1 Å². The molecule has 1 fully saturated rings. The Morgan fingerprint density at radius 1 is 1.40 bits per heavy atom. The van der Waals surface area contributed by atoms with Crippen LogP contribution < -0.4 is 5.73 Å². The molecule has 3 rings (SSSR count). The summed E-state index contributed by atoms with van der Waals surface area (Å²) >= 11 is 6.07. The Bertz CT molecular complexity index is 829. The number of non-ortho nitro benzene ring substituents is 1. The minimum absolute atomic E-state index is 0.0693.